The second kappa shape index (κ2) is 15.0. The fourth-order valence-electron chi connectivity index (χ4n) is 3.80. The topological polar surface area (TPSA) is 87.7 Å². The summed E-state index contributed by atoms with van der Waals surface area (Å²) >= 11 is 1.60. The SMILES string of the molecule is CCCC(C)NC(=O)C(c1ccc(C)cc1)N(CCC)C(=O)C(CCSC)NC(=O)OC(C)(C)C. The summed E-state index contributed by atoms with van der Waals surface area (Å²) in [4.78, 5) is 41.6. The summed E-state index contributed by atoms with van der Waals surface area (Å²) in [6.07, 6.45) is 4.23. The molecule has 35 heavy (non-hydrogen) atoms. The number of amides is 3. The predicted octanol–water partition coefficient (Wildman–Crippen LogP) is 5.23. The number of nitrogens with one attached hydrogen (secondary N) is 2. The summed E-state index contributed by atoms with van der Waals surface area (Å²) in [7, 11) is 0. The fraction of sp³-hybridized carbons (Fsp3) is 0.667. The Balaban J connectivity index is 3.37. The highest BCUT2D eigenvalue weighted by molar-refractivity contribution is 7.98. The first-order valence-electron chi connectivity index (χ1n) is 12.6. The molecule has 1 aromatic rings. The van der Waals surface area contributed by atoms with E-state index < -0.39 is 23.8 Å². The Labute approximate surface area is 216 Å². The van der Waals surface area contributed by atoms with Crippen LogP contribution in [-0.2, 0) is 14.3 Å². The molecule has 0 heterocycles. The van der Waals surface area contributed by atoms with Crippen LogP contribution in [0, 0.1) is 6.92 Å². The van der Waals surface area contributed by atoms with Gasteiger partial charge in [0.2, 0.25) is 11.8 Å². The Morgan fingerprint density at radius 2 is 1.66 bits per heavy atom. The van der Waals surface area contributed by atoms with Crippen molar-refractivity contribution in [2.24, 2.45) is 0 Å². The van der Waals surface area contributed by atoms with Crippen molar-refractivity contribution in [1.29, 1.82) is 0 Å². The van der Waals surface area contributed by atoms with Crippen molar-refractivity contribution < 1.29 is 19.1 Å². The summed E-state index contributed by atoms with van der Waals surface area (Å²) in [5.41, 5.74) is 1.14. The molecule has 3 atom stereocenters. The van der Waals surface area contributed by atoms with E-state index in [1.165, 1.54) is 0 Å². The maximum atomic E-state index is 13.9. The molecule has 0 aromatic heterocycles. The smallest absolute Gasteiger partial charge is 0.408 e. The summed E-state index contributed by atoms with van der Waals surface area (Å²) in [5, 5.41) is 5.86. The molecule has 0 aliphatic heterocycles. The van der Waals surface area contributed by atoms with Crippen LogP contribution in [-0.4, -0.2) is 59.0 Å². The van der Waals surface area contributed by atoms with Crippen molar-refractivity contribution in [1.82, 2.24) is 15.5 Å². The third-order valence-electron chi connectivity index (χ3n) is 5.41. The Morgan fingerprint density at radius 1 is 1.03 bits per heavy atom. The van der Waals surface area contributed by atoms with Gasteiger partial charge in [0, 0.05) is 12.6 Å². The molecular weight excluding hydrogens is 462 g/mol. The molecule has 0 bridgehead atoms. The minimum absolute atomic E-state index is 0.00814. The van der Waals surface area contributed by atoms with E-state index in [-0.39, 0.29) is 17.9 Å². The van der Waals surface area contributed by atoms with Crippen molar-refractivity contribution in [3.05, 3.63) is 35.4 Å². The average molecular weight is 508 g/mol. The van der Waals surface area contributed by atoms with Crippen molar-refractivity contribution in [3.63, 3.8) is 0 Å². The lowest BCUT2D eigenvalue weighted by Crippen LogP contribution is -2.54. The second-order valence-electron chi connectivity index (χ2n) is 10.0. The standard InChI is InChI=1S/C27H45N3O4S/c1-9-11-20(4)28-24(31)23(21-14-12-19(3)13-15-21)30(17-10-2)25(32)22(16-18-35-8)29-26(33)34-27(5,6)7/h12-15,20,22-23H,9-11,16-18H2,1-8H3,(H,28,31)(H,29,33). The molecule has 0 saturated heterocycles. The van der Waals surface area contributed by atoms with Crippen LogP contribution in [0.25, 0.3) is 0 Å². The normalized spacial score (nSPS) is 13.9. The van der Waals surface area contributed by atoms with Crippen molar-refractivity contribution >= 4 is 29.7 Å². The van der Waals surface area contributed by atoms with E-state index in [0.717, 1.165) is 24.0 Å². The minimum Gasteiger partial charge on any atom is -0.444 e. The van der Waals surface area contributed by atoms with Crippen LogP contribution in [0.15, 0.2) is 24.3 Å². The number of carbonyl (C=O) groups is 3. The molecule has 1 aromatic carbocycles. The zero-order valence-electron chi connectivity index (χ0n) is 22.8. The molecule has 0 radical (unpaired) electrons. The number of rotatable bonds is 13. The highest BCUT2D eigenvalue weighted by Crippen LogP contribution is 2.25. The second-order valence-corrected chi connectivity index (χ2v) is 11.0. The highest BCUT2D eigenvalue weighted by Gasteiger charge is 2.36. The lowest BCUT2D eigenvalue weighted by Gasteiger charge is -2.35. The number of thioether (sulfide) groups is 1. The van der Waals surface area contributed by atoms with Crippen LogP contribution in [0.4, 0.5) is 4.79 Å². The molecule has 0 fully saturated rings. The third-order valence-corrected chi connectivity index (χ3v) is 6.05. The van der Waals surface area contributed by atoms with E-state index in [9.17, 15) is 14.4 Å². The number of hydrogen-bond donors (Lipinski definition) is 2. The molecular formula is C27H45N3O4S. The van der Waals surface area contributed by atoms with Gasteiger partial charge >= 0.3 is 6.09 Å². The van der Waals surface area contributed by atoms with E-state index in [1.807, 2.05) is 51.3 Å². The van der Waals surface area contributed by atoms with E-state index in [4.69, 9.17) is 4.74 Å². The van der Waals surface area contributed by atoms with Gasteiger partial charge in [0.25, 0.3) is 0 Å². The lowest BCUT2D eigenvalue weighted by atomic mass is 10.00. The summed E-state index contributed by atoms with van der Waals surface area (Å²) in [6.45, 7) is 13.7. The van der Waals surface area contributed by atoms with Crippen molar-refractivity contribution in [3.8, 4) is 0 Å². The number of hydrogen-bond acceptors (Lipinski definition) is 5. The van der Waals surface area contributed by atoms with E-state index >= 15 is 0 Å². The molecule has 3 amide bonds. The molecule has 0 saturated carbocycles. The van der Waals surface area contributed by atoms with Crippen LogP contribution in [0.2, 0.25) is 0 Å². The maximum Gasteiger partial charge on any atom is 0.408 e. The highest BCUT2D eigenvalue weighted by atomic mass is 32.2. The zero-order chi connectivity index (χ0) is 26.6. The molecule has 1 rings (SSSR count). The van der Waals surface area contributed by atoms with Crippen LogP contribution in [0.5, 0.6) is 0 Å². The van der Waals surface area contributed by atoms with E-state index in [2.05, 4.69) is 17.6 Å². The van der Waals surface area contributed by atoms with Crippen LogP contribution < -0.4 is 10.6 Å². The van der Waals surface area contributed by atoms with Gasteiger partial charge in [-0.1, -0.05) is 50.1 Å². The summed E-state index contributed by atoms with van der Waals surface area (Å²) in [5.74, 6) is 0.189. The van der Waals surface area contributed by atoms with Crippen molar-refractivity contribution in [2.75, 3.05) is 18.6 Å². The molecule has 2 N–H and O–H groups in total. The van der Waals surface area contributed by atoms with Gasteiger partial charge in [-0.3, -0.25) is 9.59 Å². The van der Waals surface area contributed by atoms with Gasteiger partial charge in [0.15, 0.2) is 0 Å². The molecule has 3 unspecified atom stereocenters. The van der Waals surface area contributed by atoms with Crippen molar-refractivity contribution in [2.45, 2.75) is 97.9 Å². The molecule has 7 nitrogen and oxygen atoms in total. The number of alkyl carbamates (subject to hydrolysis) is 1. The first kappa shape index (κ1) is 30.8. The van der Waals surface area contributed by atoms with Gasteiger partial charge in [-0.05, 0) is 71.5 Å². The van der Waals surface area contributed by atoms with Crippen LogP contribution >= 0.6 is 11.8 Å². The van der Waals surface area contributed by atoms with Gasteiger partial charge in [0.1, 0.15) is 17.7 Å². The van der Waals surface area contributed by atoms with Gasteiger partial charge in [-0.2, -0.15) is 11.8 Å². The molecule has 0 spiro atoms. The lowest BCUT2D eigenvalue weighted by molar-refractivity contribution is -0.142. The summed E-state index contributed by atoms with van der Waals surface area (Å²) < 4.78 is 5.42. The van der Waals surface area contributed by atoms with Crippen LogP contribution in [0.3, 0.4) is 0 Å². The number of benzene rings is 1. The molecule has 8 heteroatoms. The minimum atomic E-state index is -0.794. The van der Waals surface area contributed by atoms with E-state index in [0.29, 0.717) is 25.1 Å². The van der Waals surface area contributed by atoms with Gasteiger partial charge < -0.3 is 20.3 Å². The zero-order valence-corrected chi connectivity index (χ0v) is 23.6. The number of ether oxygens (including phenoxy) is 1. The molecule has 198 valence electrons. The van der Waals surface area contributed by atoms with Gasteiger partial charge in [-0.25, -0.2) is 4.79 Å². The van der Waals surface area contributed by atoms with Gasteiger partial charge in [-0.15, -0.1) is 0 Å². The molecule has 0 aliphatic rings. The first-order valence-corrected chi connectivity index (χ1v) is 14.0. The monoisotopic (exact) mass is 507 g/mol. The first-order chi connectivity index (χ1) is 16.4. The Morgan fingerprint density at radius 3 is 2.17 bits per heavy atom. The molecule has 0 aliphatic carbocycles. The third kappa shape index (κ3) is 10.9. The average Bonchev–Trinajstić information content (AvgIpc) is 2.76. The Hall–Kier alpha value is -2.22. The number of carbonyl (C=O) groups excluding carboxylic acids is 3. The largest absolute Gasteiger partial charge is 0.444 e. The quantitative estimate of drug-likeness (QED) is 0.382. The Kier molecular flexibility index (Phi) is 13.2. The summed E-state index contributed by atoms with van der Waals surface area (Å²) in [6, 6.07) is 6.10. The van der Waals surface area contributed by atoms with E-state index in [1.54, 1.807) is 37.4 Å². The van der Waals surface area contributed by atoms with Gasteiger partial charge in [0.05, 0.1) is 0 Å². The fourth-order valence-corrected chi connectivity index (χ4v) is 4.27. The number of nitrogens with zero attached hydrogens (tertiary/aromatic N) is 1. The maximum absolute atomic E-state index is 13.9. The predicted molar refractivity (Wildman–Crippen MR) is 145 cm³/mol. The number of aryl methyl sites for hydroxylation is 1. The Bertz CT molecular complexity index is 808. The van der Waals surface area contributed by atoms with Crippen LogP contribution in [0.1, 0.15) is 84.4 Å².